The van der Waals surface area contributed by atoms with Crippen molar-refractivity contribution < 1.29 is 0 Å². The third-order valence-electron chi connectivity index (χ3n) is 5.36. The molecule has 126 valence electrons. The molecule has 0 aliphatic carbocycles. The molecule has 0 spiro atoms. The molecule has 0 saturated carbocycles. The van der Waals surface area contributed by atoms with E-state index in [9.17, 15) is 0 Å². The van der Waals surface area contributed by atoms with Crippen LogP contribution in [0, 0.1) is 0 Å². The van der Waals surface area contributed by atoms with Crippen LogP contribution >= 0.6 is 0 Å². The number of rotatable bonds is 13. The summed E-state index contributed by atoms with van der Waals surface area (Å²) in [5, 5.41) is 0. The predicted molar refractivity (Wildman–Crippen MR) is 95.9 cm³/mol. The molecule has 1 atom stereocenters. The SMILES string of the molecule is CCCCCCCC(CCCCCCC)N1CCC[C@H]1C. The Kier molecular flexibility index (Phi) is 11.3. The minimum atomic E-state index is 0.848. The zero-order valence-corrected chi connectivity index (χ0v) is 15.2. The molecule has 0 amide bonds. The largest absolute Gasteiger partial charge is 0.298 e. The van der Waals surface area contributed by atoms with Crippen LogP contribution in [-0.4, -0.2) is 23.5 Å². The van der Waals surface area contributed by atoms with E-state index in [0.29, 0.717) is 0 Å². The molecular weight excluding hydrogens is 254 g/mol. The normalized spacial score (nSPS) is 19.7. The van der Waals surface area contributed by atoms with Gasteiger partial charge in [-0.2, -0.15) is 0 Å². The maximum Gasteiger partial charge on any atom is 0.00980 e. The molecule has 0 unspecified atom stereocenters. The van der Waals surface area contributed by atoms with E-state index in [1.54, 1.807) is 0 Å². The summed E-state index contributed by atoms with van der Waals surface area (Å²) in [6.45, 7) is 8.44. The molecule has 1 aliphatic heterocycles. The smallest absolute Gasteiger partial charge is 0.00980 e. The summed E-state index contributed by atoms with van der Waals surface area (Å²) >= 11 is 0. The lowest BCUT2D eigenvalue weighted by molar-refractivity contribution is 0.164. The molecule has 1 aliphatic rings. The van der Waals surface area contributed by atoms with Crippen molar-refractivity contribution in [3.8, 4) is 0 Å². The molecule has 0 N–H and O–H groups in total. The van der Waals surface area contributed by atoms with Crippen molar-refractivity contribution in [3.05, 3.63) is 0 Å². The van der Waals surface area contributed by atoms with E-state index in [4.69, 9.17) is 0 Å². The monoisotopic (exact) mass is 295 g/mol. The van der Waals surface area contributed by atoms with E-state index in [0.717, 1.165) is 12.1 Å². The zero-order valence-electron chi connectivity index (χ0n) is 15.2. The van der Waals surface area contributed by atoms with E-state index >= 15 is 0 Å². The molecule has 0 aromatic carbocycles. The molecule has 21 heavy (non-hydrogen) atoms. The Hall–Kier alpha value is -0.0400. The van der Waals surface area contributed by atoms with Crippen LogP contribution in [0.2, 0.25) is 0 Å². The highest BCUT2D eigenvalue weighted by Crippen LogP contribution is 2.26. The van der Waals surface area contributed by atoms with Crippen LogP contribution < -0.4 is 0 Å². The predicted octanol–water partition coefficient (Wildman–Crippen LogP) is 6.56. The Balaban J connectivity index is 2.24. The van der Waals surface area contributed by atoms with Crippen LogP contribution in [-0.2, 0) is 0 Å². The van der Waals surface area contributed by atoms with Gasteiger partial charge in [0.1, 0.15) is 0 Å². The van der Waals surface area contributed by atoms with Gasteiger partial charge in [-0.1, -0.05) is 78.1 Å². The fourth-order valence-corrected chi connectivity index (χ4v) is 3.94. The van der Waals surface area contributed by atoms with Crippen LogP contribution in [0.15, 0.2) is 0 Å². The first-order chi connectivity index (χ1) is 10.3. The van der Waals surface area contributed by atoms with Crippen LogP contribution in [0.3, 0.4) is 0 Å². The average Bonchev–Trinajstić information content (AvgIpc) is 2.91. The van der Waals surface area contributed by atoms with Gasteiger partial charge < -0.3 is 0 Å². The first-order valence-corrected chi connectivity index (χ1v) is 10.0. The molecule has 0 radical (unpaired) electrons. The van der Waals surface area contributed by atoms with Gasteiger partial charge in [-0.25, -0.2) is 0 Å². The fraction of sp³-hybridized carbons (Fsp3) is 1.00. The van der Waals surface area contributed by atoms with Crippen LogP contribution in [0.1, 0.15) is 111 Å². The maximum atomic E-state index is 2.85. The molecule has 1 nitrogen and oxygen atoms in total. The van der Waals surface area contributed by atoms with Gasteiger partial charge in [0.2, 0.25) is 0 Å². The third-order valence-corrected chi connectivity index (χ3v) is 5.36. The fourth-order valence-electron chi connectivity index (χ4n) is 3.94. The Morgan fingerprint density at radius 3 is 1.76 bits per heavy atom. The molecular formula is C20H41N. The number of hydrogen-bond acceptors (Lipinski definition) is 1. The highest BCUT2D eigenvalue weighted by Gasteiger charge is 2.26. The van der Waals surface area contributed by atoms with Crippen LogP contribution in [0.4, 0.5) is 0 Å². The summed E-state index contributed by atoms with van der Waals surface area (Å²) in [7, 11) is 0. The van der Waals surface area contributed by atoms with Crippen molar-refractivity contribution in [1.82, 2.24) is 4.90 Å². The lowest BCUT2D eigenvalue weighted by Gasteiger charge is -2.32. The van der Waals surface area contributed by atoms with Crippen molar-refractivity contribution in [1.29, 1.82) is 0 Å². The first kappa shape index (κ1) is 19.0. The van der Waals surface area contributed by atoms with E-state index in [1.807, 2.05) is 0 Å². The second-order valence-corrected chi connectivity index (χ2v) is 7.29. The Bertz CT molecular complexity index is 212. The minimum Gasteiger partial charge on any atom is -0.298 e. The standard InChI is InChI=1S/C20H41N/c1-4-6-8-10-12-16-20(17-13-11-9-7-5-2)21-18-14-15-19(21)3/h19-20H,4-18H2,1-3H3/t19-/m1/s1. The molecule has 0 aromatic heterocycles. The molecule has 1 heteroatoms. The van der Waals surface area contributed by atoms with Gasteiger partial charge in [-0.15, -0.1) is 0 Å². The number of unbranched alkanes of at least 4 members (excludes halogenated alkanes) is 8. The second-order valence-electron chi connectivity index (χ2n) is 7.29. The highest BCUT2D eigenvalue weighted by molar-refractivity contribution is 4.82. The van der Waals surface area contributed by atoms with E-state index in [1.165, 1.54) is 96.4 Å². The third kappa shape index (κ3) is 8.24. The quantitative estimate of drug-likeness (QED) is 0.348. The lowest BCUT2D eigenvalue weighted by Crippen LogP contribution is -2.37. The minimum absolute atomic E-state index is 0.848. The van der Waals surface area contributed by atoms with Crippen molar-refractivity contribution in [2.24, 2.45) is 0 Å². The summed E-state index contributed by atoms with van der Waals surface area (Å²) in [6, 6.07) is 1.74. The Morgan fingerprint density at radius 1 is 0.810 bits per heavy atom. The van der Waals surface area contributed by atoms with Gasteiger partial charge in [-0.05, 0) is 39.2 Å². The average molecular weight is 296 g/mol. The highest BCUT2D eigenvalue weighted by atomic mass is 15.2. The topological polar surface area (TPSA) is 3.24 Å². The molecule has 1 saturated heterocycles. The van der Waals surface area contributed by atoms with Gasteiger partial charge in [0, 0.05) is 12.1 Å². The van der Waals surface area contributed by atoms with Crippen LogP contribution in [0.5, 0.6) is 0 Å². The zero-order chi connectivity index (χ0) is 15.3. The Morgan fingerprint density at radius 2 is 1.33 bits per heavy atom. The maximum absolute atomic E-state index is 2.85. The number of likely N-dealkylation sites (tertiary alicyclic amines) is 1. The molecule has 0 bridgehead atoms. The summed E-state index contributed by atoms with van der Waals surface area (Å²) < 4.78 is 0. The second kappa shape index (κ2) is 12.5. The molecule has 0 aromatic rings. The number of nitrogens with zero attached hydrogens (tertiary/aromatic N) is 1. The van der Waals surface area contributed by atoms with Crippen molar-refractivity contribution >= 4 is 0 Å². The van der Waals surface area contributed by atoms with Crippen molar-refractivity contribution in [3.63, 3.8) is 0 Å². The van der Waals surface area contributed by atoms with Gasteiger partial charge in [0.05, 0.1) is 0 Å². The summed E-state index contributed by atoms with van der Waals surface area (Å²) in [6.07, 6.45) is 20.1. The van der Waals surface area contributed by atoms with Gasteiger partial charge >= 0.3 is 0 Å². The summed E-state index contributed by atoms with van der Waals surface area (Å²) in [5.41, 5.74) is 0. The summed E-state index contributed by atoms with van der Waals surface area (Å²) in [4.78, 5) is 2.85. The van der Waals surface area contributed by atoms with Crippen molar-refractivity contribution in [2.45, 2.75) is 123 Å². The Labute approximate surface area is 134 Å². The van der Waals surface area contributed by atoms with Gasteiger partial charge in [-0.3, -0.25) is 4.90 Å². The van der Waals surface area contributed by atoms with E-state index < -0.39 is 0 Å². The summed E-state index contributed by atoms with van der Waals surface area (Å²) in [5.74, 6) is 0. The van der Waals surface area contributed by atoms with Crippen molar-refractivity contribution in [2.75, 3.05) is 6.54 Å². The lowest BCUT2D eigenvalue weighted by atomic mass is 9.98. The van der Waals surface area contributed by atoms with Gasteiger partial charge in [0.25, 0.3) is 0 Å². The van der Waals surface area contributed by atoms with Crippen LogP contribution in [0.25, 0.3) is 0 Å². The molecule has 1 fully saturated rings. The number of hydrogen-bond donors (Lipinski definition) is 0. The molecule has 1 heterocycles. The van der Waals surface area contributed by atoms with E-state index in [2.05, 4.69) is 25.7 Å². The molecule has 1 rings (SSSR count). The van der Waals surface area contributed by atoms with Gasteiger partial charge in [0.15, 0.2) is 0 Å². The van der Waals surface area contributed by atoms with E-state index in [-0.39, 0.29) is 0 Å². The first-order valence-electron chi connectivity index (χ1n) is 10.0.